The van der Waals surface area contributed by atoms with Gasteiger partial charge < -0.3 is 4.74 Å². The van der Waals surface area contributed by atoms with Crippen molar-refractivity contribution in [2.24, 2.45) is 0 Å². The van der Waals surface area contributed by atoms with Gasteiger partial charge in [-0.25, -0.2) is 4.39 Å². The first-order valence-electron chi connectivity index (χ1n) is 3.52. The van der Waals surface area contributed by atoms with Gasteiger partial charge in [0.05, 0.1) is 6.61 Å². The van der Waals surface area contributed by atoms with Crippen LogP contribution in [-0.4, -0.2) is 7.11 Å². The Kier molecular flexibility index (Phi) is 2.84. The summed E-state index contributed by atoms with van der Waals surface area (Å²) in [6.45, 7) is 0.345. The predicted molar refractivity (Wildman–Crippen MR) is 45.0 cm³/mol. The Labute approximate surface area is 71.2 Å². The van der Waals surface area contributed by atoms with E-state index in [0.717, 1.165) is 0 Å². The molecule has 1 aromatic carbocycles. The summed E-state index contributed by atoms with van der Waals surface area (Å²) >= 11 is 0. The molecule has 0 bridgehead atoms. The second-order valence-corrected chi connectivity index (χ2v) is 2.38. The van der Waals surface area contributed by atoms with Crippen molar-refractivity contribution in [2.75, 3.05) is 7.11 Å². The number of methoxy groups -OCH3 is 1. The van der Waals surface area contributed by atoms with Crippen molar-refractivity contribution in [3.8, 4) is 12.3 Å². The second-order valence-electron chi connectivity index (χ2n) is 2.38. The van der Waals surface area contributed by atoms with E-state index in [-0.39, 0.29) is 5.82 Å². The zero-order valence-electron chi connectivity index (χ0n) is 6.80. The van der Waals surface area contributed by atoms with Gasteiger partial charge in [0.15, 0.2) is 0 Å². The molecular formula is C10H9FO. The van der Waals surface area contributed by atoms with Gasteiger partial charge in [-0.05, 0) is 23.8 Å². The molecule has 1 rings (SSSR count). The van der Waals surface area contributed by atoms with Crippen LogP contribution in [0.1, 0.15) is 11.1 Å². The van der Waals surface area contributed by atoms with Crippen molar-refractivity contribution in [1.29, 1.82) is 0 Å². The summed E-state index contributed by atoms with van der Waals surface area (Å²) in [5.74, 6) is 2.17. The molecule has 0 radical (unpaired) electrons. The maximum absolute atomic E-state index is 12.7. The third-order valence-electron chi connectivity index (χ3n) is 1.52. The number of hydrogen-bond acceptors (Lipinski definition) is 1. The highest BCUT2D eigenvalue weighted by atomic mass is 19.1. The van der Waals surface area contributed by atoms with Crippen molar-refractivity contribution in [2.45, 2.75) is 6.61 Å². The summed E-state index contributed by atoms with van der Waals surface area (Å²) in [5.41, 5.74) is 1.39. The molecule has 0 unspecified atom stereocenters. The average molecular weight is 164 g/mol. The van der Waals surface area contributed by atoms with Crippen LogP contribution in [-0.2, 0) is 11.3 Å². The molecular weight excluding hydrogens is 155 g/mol. The van der Waals surface area contributed by atoms with Crippen LogP contribution >= 0.6 is 0 Å². The third kappa shape index (κ3) is 1.84. The molecule has 0 N–H and O–H groups in total. The molecule has 0 aromatic heterocycles. The summed E-state index contributed by atoms with van der Waals surface area (Å²) in [6.07, 6.45) is 5.20. The van der Waals surface area contributed by atoms with E-state index < -0.39 is 0 Å². The van der Waals surface area contributed by atoms with Crippen LogP contribution in [0.4, 0.5) is 4.39 Å². The Hall–Kier alpha value is -1.33. The van der Waals surface area contributed by atoms with Crippen molar-refractivity contribution in [3.63, 3.8) is 0 Å². The molecule has 0 amide bonds. The Morgan fingerprint density at radius 1 is 1.58 bits per heavy atom. The fourth-order valence-electron chi connectivity index (χ4n) is 0.978. The first-order valence-corrected chi connectivity index (χ1v) is 3.52. The molecule has 0 fully saturated rings. The molecule has 0 heterocycles. The van der Waals surface area contributed by atoms with E-state index in [2.05, 4.69) is 5.92 Å². The van der Waals surface area contributed by atoms with Gasteiger partial charge in [0.1, 0.15) is 5.82 Å². The van der Waals surface area contributed by atoms with E-state index in [1.807, 2.05) is 0 Å². The Morgan fingerprint density at radius 2 is 2.33 bits per heavy atom. The number of halogens is 1. The van der Waals surface area contributed by atoms with Crippen LogP contribution in [0.3, 0.4) is 0 Å². The van der Waals surface area contributed by atoms with Gasteiger partial charge in [-0.15, -0.1) is 6.42 Å². The molecule has 0 aliphatic rings. The maximum atomic E-state index is 12.7. The smallest absolute Gasteiger partial charge is 0.123 e. The van der Waals surface area contributed by atoms with E-state index in [9.17, 15) is 4.39 Å². The van der Waals surface area contributed by atoms with Gasteiger partial charge in [-0.1, -0.05) is 5.92 Å². The lowest BCUT2D eigenvalue weighted by Gasteiger charge is -2.02. The Morgan fingerprint density at radius 3 is 2.92 bits per heavy atom. The molecule has 0 saturated heterocycles. The molecule has 0 saturated carbocycles. The van der Waals surface area contributed by atoms with Crippen molar-refractivity contribution in [1.82, 2.24) is 0 Å². The average Bonchev–Trinajstić information content (AvgIpc) is 2.05. The first-order chi connectivity index (χ1) is 5.77. The molecule has 0 aliphatic heterocycles. The van der Waals surface area contributed by atoms with Gasteiger partial charge in [0, 0.05) is 12.7 Å². The lowest BCUT2D eigenvalue weighted by molar-refractivity contribution is 0.184. The highest BCUT2D eigenvalue weighted by Crippen LogP contribution is 2.10. The van der Waals surface area contributed by atoms with Gasteiger partial charge in [0.25, 0.3) is 0 Å². The molecule has 1 nitrogen and oxygen atoms in total. The van der Waals surface area contributed by atoms with Crippen LogP contribution in [0, 0.1) is 18.2 Å². The highest BCUT2D eigenvalue weighted by Gasteiger charge is 2.00. The molecule has 12 heavy (non-hydrogen) atoms. The quantitative estimate of drug-likeness (QED) is 0.607. The monoisotopic (exact) mass is 164 g/mol. The highest BCUT2D eigenvalue weighted by molar-refractivity contribution is 5.39. The van der Waals surface area contributed by atoms with E-state index in [1.54, 1.807) is 13.2 Å². The van der Waals surface area contributed by atoms with Crippen LogP contribution in [0.15, 0.2) is 18.2 Å². The van der Waals surface area contributed by atoms with Crippen LogP contribution in [0.25, 0.3) is 0 Å². The van der Waals surface area contributed by atoms with Crippen LogP contribution < -0.4 is 0 Å². The molecule has 0 aliphatic carbocycles. The van der Waals surface area contributed by atoms with Gasteiger partial charge in [-0.2, -0.15) is 0 Å². The number of benzene rings is 1. The van der Waals surface area contributed by atoms with Gasteiger partial charge in [0.2, 0.25) is 0 Å². The number of rotatable bonds is 2. The first kappa shape index (κ1) is 8.76. The second kappa shape index (κ2) is 3.89. The minimum atomic E-state index is -0.291. The van der Waals surface area contributed by atoms with Crippen LogP contribution in [0.5, 0.6) is 0 Å². The Bertz CT molecular complexity index is 312. The van der Waals surface area contributed by atoms with E-state index in [0.29, 0.717) is 17.7 Å². The fraction of sp³-hybridized carbons (Fsp3) is 0.200. The molecule has 1 aromatic rings. The topological polar surface area (TPSA) is 9.23 Å². The number of terminal acetylenes is 1. The van der Waals surface area contributed by atoms with Crippen molar-refractivity contribution >= 4 is 0 Å². The Balaban J connectivity index is 3.06. The lowest BCUT2D eigenvalue weighted by atomic mass is 10.1. The minimum Gasteiger partial charge on any atom is -0.380 e. The number of hydrogen-bond donors (Lipinski definition) is 0. The summed E-state index contributed by atoms with van der Waals surface area (Å²) in [6, 6.07) is 4.30. The van der Waals surface area contributed by atoms with Crippen LogP contribution in [0.2, 0.25) is 0 Å². The molecule has 0 atom stereocenters. The standard InChI is InChI=1S/C10H9FO/c1-3-8-4-5-10(11)6-9(8)7-12-2/h1,4-6H,7H2,2H3. The molecule has 2 heteroatoms. The third-order valence-corrected chi connectivity index (χ3v) is 1.52. The van der Waals surface area contributed by atoms with E-state index >= 15 is 0 Å². The zero-order valence-corrected chi connectivity index (χ0v) is 6.80. The van der Waals surface area contributed by atoms with E-state index in [1.165, 1.54) is 12.1 Å². The summed E-state index contributed by atoms with van der Waals surface area (Å²) in [4.78, 5) is 0. The summed E-state index contributed by atoms with van der Waals surface area (Å²) in [5, 5.41) is 0. The van der Waals surface area contributed by atoms with E-state index in [4.69, 9.17) is 11.2 Å². The largest absolute Gasteiger partial charge is 0.380 e. The minimum absolute atomic E-state index is 0.291. The normalized spacial score (nSPS) is 9.42. The SMILES string of the molecule is C#Cc1ccc(F)cc1COC. The van der Waals surface area contributed by atoms with Crippen molar-refractivity contribution < 1.29 is 9.13 Å². The zero-order chi connectivity index (χ0) is 8.97. The summed E-state index contributed by atoms with van der Waals surface area (Å²) in [7, 11) is 1.55. The van der Waals surface area contributed by atoms with Gasteiger partial charge >= 0.3 is 0 Å². The molecule has 62 valence electrons. The molecule has 0 spiro atoms. The number of ether oxygens (including phenoxy) is 1. The van der Waals surface area contributed by atoms with Gasteiger partial charge in [-0.3, -0.25) is 0 Å². The fourth-order valence-corrected chi connectivity index (χ4v) is 0.978. The summed E-state index contributed by atoms with van der Waals surface area (Å²) < 4.78 is 17.5. The maximum Gasteiger partial charge on any atom is 0.123 e. The predicted octanol–water partition coefficient (Wildman–Crippen LogP) is 1.95. The lowest BCUT2D eigenvalue weighted by Crippen LogP contribution is -1.93. The van der Waals surface area contributed by atoms with Crippen molar-refractivity contribution in [3.05, 3.63) is 35.1 Å².